The van der Waals surface area contributed by atoms with Crippen LogP contribution in [0.2, 0.25) is 5.02 Å². The summed E-state index contributed by atoms with van der Waals surface area (Å²) in [5.74, 6) is 0.812. The van der Waals surface area contributed by atoms with Gasteiger partial charge < -0.3 is 14.8 Å². The van der Waals surface area contributed by atoms with Gasteiger partial charge in [0.25, 0.3) is 5.91 Å². The number of hydrogen-bond donors (Lipinski definition) is 1. The van der Waals surface area contributed by atoms with Crippen molar-refractivity contribution < 1.29 is 14.3 Å². The number of para-hydroxylation sites is 1. The molecule has 7 heteroatoms. The summed E-state index contributed by atoms with van der Waals surface area (Å²) in [5.41, 5.74) is 2.61. The van der Waals surface area contributed by atoms with Crippen LogP contribution in [0.25, 0.3) is 6.08 Å². The highest BCUT2D eigenvalue weighted by Crippen LogP contribution is 2.38. The van der Waals surface area contributed by atoms with Gasteiger partial charge in [0.05, 0.1) is 28.8 Å². The van der Waals surface area contributed by atoms with Crippen LogP contribution >= 0.6 is 23.4 Å². The Bertz CT molecular complexity index is 970. The van der Waals surface area contributed by atoms with Crippen molar-refractivity contribution >= 4 is 46.2 Å². The monoisotopic (exact) mass is 416 g/mol. The molecule has 1 aliphatic heterocycles. The van der Waals surface area contributed by atoms with Crippen LogP contribution in [-0.2, 0) is 4.79 Å². The number of carbonyl (C=O) groups is 1. The summed E-state index contributed by atoms with van der Waals surface area (Å²) in [4.78, 5) is 17.4. The van der Waals surface area contributed by atoms with Crippen molar-refractivity contribution in [3.8, 4) is 11.5 Å². The molecule has 1 heterocycles. The van der Waals surface area contributed by atoms with Gasteiger partial charge in [-0.05, 0) is 67.9 Å². The van der Waals surface area contributed by atoms with Crippen LogP contribution in [0, 0.1) is 6.92 Å². The van der Waals surface area contributed by atoms with Gasteiger partial charge in [-0.1, -0.05) is 29.8 Å². The Morgan fingerprint density at radius 3 is 2.68 bits per heavy atom. The second-order valence-electron chi connectivity index (χ2n) is 6.47. The molecule has 2 aromatic carbocycles. The summed E-state index contributed by atoms with van der Waals surface area (Å²) in [6.45, 7) is 5.81. The maximum absolute atomic E-state index is 12.3. The first-order chi connectivity index (χ1) is 13.4. The van der Waals surface area contributed by atoms with Gasteiger partial charge in [0, 0.05) is 0 Å². The molecule has 0 aromatic heterocycles. The zero-order valence-corrected chi connectivity index (χ0v) is 17.6. The van der Waals surface area contributed by atoms with E-state index >= 15 is 0 Å². The second kappa shape index (κ2) is 8.71. The summed E-state index contributed by atoms with van der Waals surface area (Å²) in [6, 6.07) is 11.3. The molecule has 0 spiro atoms. The van der Waals surface area contributed by atoms with Crippen molar-refractivity contribution in [1.82, 2.24) is 5.32 Å². The number of amides is 1. The van der Waals surface area contributed by atoms with Gasteiger partial charge in [0.2, 0.25) is 0 Å². The molecule has 1 aliphatic rings. The molecule has 0 unspecified atom stereocenters. The third-order valence-electron chi connectivity index (χ3n) is 3.89. The number of methoxy groups -OCH3 is 1. The number of thioether (sulfide) groups is 1. The molecule has 1 saturated heterocycles. The van der Waals surface area contributed by atoms with Crippen molar-refractivity contribution in [3.63, 3.8) is 0 Å². The van der Waals surface area contributed by atoms with Gasteiger partial charge >= 0.3 is 0 Å². The van der Waals surface area contributed by atoms with Crippen LogP contribution in [0.15, 0.2) is 46.3 Å². The Hall–Kier alpha value is -2.44. The van der Waals surface area contributed by atoms with Crippen LogP contribution < -0.4 is 14.8 Å². The number of hydrogen-bond acceptors (Lipinski definition) is 5. The van der Waals surface area contributed by atoms with Crippen molar-refractivity contribution in [2.24, 2.45) is 4.99 Å². The van der Waals surface area contributed by atoms with Crippen LogP contribution in [0.1, 0.15) is 25.0 Å². The molecule has 146 valence electrons. The largest absolute Gasteiger partial charge is 0.493 e. The maximum Gasteiger partial charge on any atom is 0.264 e. The van der Waals surface area contributed by atoms with Gasteiger partial charge in [-0.3, -0.25) is 4.79 Å². The topological polar surface area (TPSA) is 59.9 Å². The standard InChI is InChI=1S/C21H21ClN2O3S/c1-12(2)27-19-15(22)9-14(10-17(19)26-4)11-18-20(25)24-21(28-18)23-16-8-6-5-7-13(16)3/h5-12H,1-4H3,(H,23,24,25)/b18-11-. The number of amidine groups is 1. The summed E-state index contributed by atoms with van der Waals surface area (Å²) < 4.78 is 11.1. The van der Waals surface area contributed by atoms with E-state index in [0.29, 0.717) is 26.6 Å². The summed E-state index contributed by atoms with van der Waals surface area (Å²) in [5, 5.41) is 3.77. The van der Waals surface area contributed by atoms with E-state index in [1.54, 1.807) is 25.3 Å². The summed E-state index contributed by atoms with van der Waals surface area (Å²) in [7, 11) is 1.56. The molecule has 0 aliphatic carbocycles. The minimum Gasteiger partial charge on any atom is -0.493 e. The number of rotatable bonds is 5. The van der Waals surface area contributed by atoms with Gasteiger partial charge in [-0.2, -0.15) is 0 Å². The average molecular weight is 417 g/mol. The SMILES string of the molecule is COc1cc(/C=C2\SC(=Nc3ccccc3C)NC2=O)cc(Cl)c1OC(C)C. The van der Waals surface area contributed by atoms with E-state index in [1.165, 1.54) is 11.8 Å². The molecule has 2 aromatic rings. The highest BCUT2D eigenvalue weighted by Gasteiger charge is 2.24. The predicted molar refractivity (Wildman–Crippen MR) is 116 cm³/mol. The molecular formula is C21H21ClN2O3S. The lowest BCUT2D eigenvalue weighted by Gasteiger charge is -2.15. The number of aliphatic imine (C=N–C) groups is 1. The lowest BCUT2D eigenvalue weighted by Crippen LogP contribution is -2.19. The first kappa shape index (κ1) is 20.3. The first-order valence-electron chi connectivity index (χ1n) is 8.76. The van der Waals surface area contributed by atoms with Crippen molar-refractivity contribution in [1.29, 1.82) is 0 Å². The third-order valence-corrected chi connectivity index (χ3v) is 5.08. The number of nitrogens with zero attached hydrogens (tertiary/aromatic N) is 1. The molecule has 3 rings (SSSR count). The molecule has 0 bridgehead atoms. The number of benzene rings is 2. The molecule has 0 radical (unpaired) electrons. The molecule has 1 N–H and O–H groups in total. The number of carbonyl (C=O) groups excluding carboxylic acids is 1. The number of halogens is 1. The normalized spacial score (nSPS) is 16.7. The fraction of sp³-hybridized carbons (Fsp3) is 0.238. The van der Waals surface area contributed by atoms with E-state index in [9.17, 15) is 4.79 Å². The minimum absolute atomic E-state index is 0.0352. The first-order valence-corrected chi connectivity index (χ1v) is 9.96. The second-order valence-corrected chi connectivity index (χ2v) is 7.91. The summed E-state index contributed by atoms with van der Waals surface area (Å²) >= 11 is 7.65. The van der Waals surface area contributed by atoms with Gasteiger partial charge in [-0.15, -0.1) is 0 Å². The third kappa shape index (κ3) is 4.69. The molecular weight excluding hydrogens is 396 g/mol. The van der Waals surface area contributed by atoms with Gasteiger partial charge in [0.1, 0.15) is 0 Å². The number of ether oxygens (including phenoxy) is 2. The quantitative estimate of drug-likeness (QED) is 0.668. The Morgan fingerprint density at radius 1 is 1.25 bits per heavy atom. The maximum atomic E-state index is 12.3. The molecule has 5 nitrogen and oxygen atoms in total. The van der Waals surface area contributed by atoms with E-state index in [1.807, 2.05) is 45.0 Å². The molecule has 28 heavy (non-hydrogen) atoms. The van der Waals surface area contributed by atoms with E-state index in [2.05, 4.69) is 10.3 Å². The van der Waals surface area contributed by atoms with Gasteiger partial charge in [-0.25, -0.2) is 4.99 Å². The number of nitrogens with one attached hydrogen (secondary N) is 1. The van der Waals surface area contributed by atoms with Gasteiger partial charge in [0.15, 0.2) is 16.7 Å². The molecule has 1 fully saturated rings. The van der Waals surface area contributed by atoms with Crippen molar-refractivity contribution in [3.05, 3.63) is 57.5 Å². The van der Waals surface area contributed by atoms with Crippen LogP contribution in [-0.4, -0.2) is 24.3 Å². The molecule has 0 saturated carbocycles. The number of aryl methyl sites for hydroxylation is 1. The van der Waals surface area contributed by atoms with E-state index in [-0.39, 0.29) is 12.0 Å². The fourth-order valence-electron chi connectivity index (χ4n) is 2.60. The minimum atomic E-state index is -0.199. The highest BCUT2D eigenvalue weighted by molar-refractivity contribution is 8.18. The summed E-state index contributed by atoms with van der Waals surface area (Å²) in [6.07, 6.45) is 1.72. The Kier molecular flexibility index (Phi) is 6.31. The highest BCUT2D eigenvalue weighted by atomic mass is 35.5. The fourth-order valence-corrected chi connectivity index (χ4v) is 3.70. The van der Waals surface area contributed by atoms with E-state index in [0.717, 1.165) is 16.8 Å². The Morgan fingerprint density at radius 2 is 2.00 bits per heavy atom. The predicted octanol–water partition coefficient (Wildman–Crippen LogP) is 5.34. The Balaban J connectivity index is 1.88. The van der Waals surface area contributed by atoms with Crippen molar-refractivity contribution in [2.75, 3.05) is 7.11 Å². The zero-order valence-electron chi connectivity index (χ0n) is 16.1. The van der Waals surface area contributed by atoms with E-state index in [4.69, 9.17) is 21.1 Å². The average Bonchev–Trinajstić information content (AvgIpc) is 2.98. The van der Waals surface area contributed by atoms with Crippen molar-refractivity contribution in [2.45, 2.75) is 26.9 Å². The lowest BCUT2D eigenvalue weighted by atomic mass is 10.1. The van der Waals surface area contributed by atoms with Crippen LogP contribution in [0.5, 0.6) is 11.5 Å². The molecule has 1 amide bonds. The van der Waals surface area contributed by atoms with E-state index < -0.39 is 0 Å². The smallest absolute Gasteiger partial charge is 0.264 e. The zero-order chi connectivity index (χ0) is 20.3. The van der Waals surface area contributed by atoms with Crippen LogP contribution in [0.3, 0.4) is 0 Å². The van der Waals surface area contributed by atoms with Crippen LogP contribution in [0.4, 0.5) is 5.69 Å². The Labute approximate surface area is 173 Å². The molecule has 0 atom stereocenters. The lowest BCUT2D eigenvalue weighted by molar-refractivity contribution is -0.115.